The van der Waals surface area contributed by atoms with E-state index in [9.17, 15) is 23.1 Å². The summed E-state index contributed by atoms with van der Waals surface area (Å²) in [4.78, 5) is 18.1. The number of rotatable bonds is 3. The summed E-state index contributed by atoms with van der Waals surface area (Å²) in [6.45, 7) is 4.09. The van der Waals surface area contributed by atoms with Crippen LogP contribution in [0.3, 0.4) is 0 Å². The van der Waals surface area contributed by atoms with Gasteiger partial charge >= 0.3 is 6.18 Å². The molecule has 4 rings (SSSR count). The molecule has 164 valence electrons. The summed E-state index contributed by atoms with van der Waals surface area (Å²) in [6.07, 6.45) is -2.68. The number of hydrogen-bond acceptors (Lipinski definition) is 4. The molecule has 1 saturated heterocycles. The summed E-state index contributed by atoms with van der Waals surface area (Å²) in [5.74, 6) is -0.360. The Morgan fingerprint density at radius 2 is 2.00 bits per heavy atom. The van der Waals surface area contributed by atoms with Crippen molar-refractivity contribution in [2.45, 2.75) is 45.3 Å². The molecule has 3 aromatic rings. The molecule has 1 atom stereocenters. The van der Waals surface area contributed by atoms with Gasteiger partial charge in [0.15, 0.2) is 5.65 Å². The zero-order valence-electron chi connectivity index (χ0n) is 17.5. The van der Waals surface area contributed by atoms with Crippen LogP contribution in [0.1, 0.15) is 42.6 Å². The van der Waals surface area contributed by atoms with Gasteiger partial charge in [-0.3, -0.25) is 9.48 Å². The van der Waals surface area contributed by atoms with Crippen molar-refractivity contribution in [2.75, 3.05) is 13.6 Å². The van der Waals surface area contributed by atoms with Crippen LogP contribution in [0.15, 0.2) is 24.3 Å². The highest BCUT2D eigenvalue weighted by atomic mass is 19.4. The fourth-order valence-electron chi connectivity index (χ4n) is 4.28. The number of phenolic OH excluding ortho intramolecular Hbond substituents is 1. The van der Waals surface area contributed by atoms with E-state index in [0.29, 0.717) is 30.7 Å². The zero-order chi connectivity index (χ0) is 22.5. The van der Waals surface area contributed by atoms with Gasteiger partial charge < -0.3 is 10.0 Å². The predicted octanol–water partition coefficient (Wildman–Crippen LogP) is 4.49. The number of likely N-dealkylation sites (tertiary alicyclic amines) is 1. The average molecular weight is 432 g/mol. The second-order valence-corrected chi connectivity index (χ2v) is 7.96. The number of fused-ring (bicyclic) bond motifs is 1. The number of benzene rings is 1. The van der Waals surface area contributed by atoms with Crippen molar-refractivity contribution in [3.05, 3.63) is 41.1 Å². The van der Waals surface area contributed by atoms with Crippen molar-refractivity contribution < 1.29 is 23.1 Å². The Kier molecular flexibility index (Phi) is 5.15. The van der Waals surface area contributed by atoms with E-state index < -0.39 is 17.5 Å². The molecule has 1 aromatic carbocycles. The van der Waals surface area contributed by atoms with Gasteiger partial charge in [0.25, 0.3) is 0 Å². The molecule has 1 amide bonds. The first-order valence-electron chi connectivity index (χ1n) is 10.1. The highest BCUT2D eigenvalue weighted by Crippen LogP contribution is 2.39. The largest absolute Gasteiger partial charge is 0.507 e. The lowest BCUT2D eigenvalue weighted by atomic mass is 10.00. The molecule has 0 spiro atoms. The van der Waals surface area contributed by atoms with Crippen molar-refractivity contribution in [2.24, 2.45) is 0 Å². The molecule has 9 heteroatoms. The van der Waals surface area contributed by atoms with Crippen LogP contribution in [0.25, 0.3) is 22.3 Å². The lowest BCUT2D eigenvalue weighted by molar-refractivity contribution is -0.137. The number of aromatic nitrogens is 3. The first kappa shape index (κ1) is 21.1. The van der Waals surface area contributed by atoms with E-state index in [0.717, 1.165) is 29.6 Å². The second kappa shape index (κ2) is 7.55. The molecular weight excluding hydrogens is 409 g/mol. The smallest absolute Gasteiger partial charge is 0.416 e. The average Bonchev–Trinajstić information content (AvgIpc) is 3.06. The van der Waals surface area contributed by atoms with Crippen molar-refractivity contribution >= 4 is 16.9 Å². The molecule has 1 N–H and O–H groups in total. The third kappa shape index (κ3) is 3.73. The summed E-state index contributed by atoms with van der Waals surface area (Å²) in [5, 5.41) is 15.9. The van der Waals surface area contributed by atoms with Crippen molar-refractivity contribution in [3.63, 3.8) is 0 Å². The summed E-state index contributed by atoms with van der Waals surface area (Å²) in [5.41, 5.74) is 1.45. The Bertz CT molecular complexity index is 1150. The normalized spacial score (nSPS) is 17.5. The van der Waals surface area contributed by atoms with E-state index in [-0.39, 0.29) is 23.1 Å². The minimum Gasteiger partial charge on any atom is -0.507 e. The highest BCUT2D eigenvalue weighted by Gasteiger charge is 2.32. The summed E-state index contributed by atoms with van der Waals surface area (Å²) >= 11 is 0. The van der Waals surface area contributed by atoms with Gasteiger partial charge in [-0.05, 0) is 49.6 Å². The summed E-state index contributed by atoms with van der Waals surface area (Å²) < 4.78 is 41.0. The first-order valence-corrected chi connectivity index (χ1v) is 10.1. The van der Waals surface area contributed by atoms with E-state index in [1.165, 1.54) is 6.92 Å². The molecule has 0 aliphatic carbocycles. The number of hydrogen-bond donors (Lipinski definition) is 1. The van der Waals surface area contributed by atoms with Crippen molar-refractivity contribution in [3.8, 4) is 17.0 Å². The number of aryl methyl sites for hydroxylation is 2. The number of pyridine rings is 1. The van der Waals surface area contributed by atoms with E-state index >= 15 is 0 Å². The molecule has 1 aliphatic heterocycles. The van der Waals surface area contributed by atoms with Crippen LogP contribution in [-0.2, 0) is 17.4 Å². The van der Waals surface area contributed by atoms with Gasteiger partial charge in [0, 0.05) is 36.7 Å². The van der Waals surface area contributed by atoms with Crippen molar-refractivity contribution in [1.82, 2.24) is 19.7 Å². The van der Waals surface area contributed by atoms with Crippen LogP contribution in [0.2, 0.25) is 0 Å². The molecular formula is C22H23F3N4O2. The molecule has 31 heavy (non-hydrogen) atoms. The number of carbonyl (C=O) groups is 1. The second-order valence-electron chi connectivity index (χ2n) is 7.96. The van der Waals surface area contributed by atoms with E-state index in [1.54, 1.807) is 18.0 Å². The standard InChI is InChI=1S/C22H23F3N4O2/c1-4-17-15-6-7-16(20-12(2)9-13(10-18(20)30)22(23,24)25)26-21(15)27-29(17)14-5-8-19(31)28(3)11-14/h6-7,9-10,14,30H,4-5,8,11H2,1-3H3. The minimum atomic E-state index is -4.54. The van der Waals surface area contributed by atoms with E-state index in [4.69, 9.17) is 0 Å². The maximum Gasteiger partial charge on any atom is 0.416 e. The number of amides is 1. The van der Waals surface area contributed by atoms with Gasteiger partial charge in [-0.25, -0.2) is 4.98 Å². The molecule has 3 heterocycles. The lowest BCUT2D eigenvalue weighted by Gasteiger charge is -2.30. The SMILES string of the molecule is CCc1c2ccc(-c3c(C)cc(C(F)(F)F)cc3O)nc2nn1C1CCC(=O)N(C)C1. The minimum absolute atomic E-state index is 0.0384. The van der Waals surface area contributed by atoms with Gasteiger partial charge in [-0.1, -0.05) is 6.92 Å². The molecule has 0 bridgehead atoms. The van der Waals surface area contributed by atoms with Crippen molar-refractivity contribution in [1.29, 1.82) is 0 Å². The van der Waals surface area contributed by atoms with Crippen LogP contribution in [0.4, 0.5) is 13.2 Å². The topological polar surface area (TPSA) is 71.2 Å². The van der Waals surface area contributed by atoms with Gasteiger partial charge in [-0.2, -0.15) is 18.3 Å². The monoisotopic (exact) mass is 432 g/mol. The molecule has 0 radical (unpaired) electrons. The van der Waals surface area contributed by atoms with Crippen LogP contribution < -0.4 is 0 Å². The third-order valence-corrected chi connectivity index (χ3v) is 5.85. The quantitative estimate of drug-likeness (QED) is 0.662. The van der Waals surface area contributed by atoms with Gasteiger partial charge in [0.1, 0.15) is 5.75 Å². The number of aromatic hydroxyl groups is 1. The fourth-order valence-corrected chi connectivity index (χ4v) is 4.28. The zero-order valence-corrected chi connectivity index (χ0v) is 17.5. The number of likely N-dealkylation sites (N-methyl/N-ethyl adjacent to an activating group) is 1. The molecule has 1 aliphatic rings. The first-order chi connectivity index (χ1) is 14.6. The molecule has 2 aromatic heterocycles. The Morgan fingerprint density at radius 3 is 2.61 bits per heavy atom. The van der Waals surface area contributed by atoms with Crippen LogP contribution in [0.5, 0.6) is 5.75 Å². The Labute approximate surface area is 177 Å². The number of alkyl halides is 3. The van der Waals surface area contributed by atoms with Crippen LogP contribution in [-0.4, -0.2) is 44.3 Å². The van der Waals surface area contributed by atoms with E-state index in [2.05, 4.69) is 10.1 Å². The Balaban J connectivity index is 1.78. The van der Waals surface area contributed by atoms with Gasteiger partial charge in [0.2, 0.25) is 5.91 Å². The molecule has 6 nitrogen and oxygen atoms in total. The Morgan fingerprint density at radius 1 is 1.26 bits per heavy atom. The molecule has 1 unspecified atom stereocenters. The molecule has 1 fully saturated rings. The number of halogens is 3. The number of piperidine rings is 1. The van der Waals surface area contributed by atoms with Gasteiger partial charge in [0.05, 0.1) is 17.3 Å². The Hall–Kier alpha value is -3.10. The molecule has 0 saturated carbocycles. The summed E-state index contributed by atoms with van der Waals surface area (Å²) in [6, 6.07) is 5.30. The highest BCUT2D eigenvalue weighted by molar-refractivity contribution is 5.83. The predicted molar refractivity (Wildman–Crippen MR) is 110 cm³/mol. The summed E-state index contributed by atoms with van der Waals surface area (Å²) in [7, 11) is 1.77. The maximum atomic E-state index is 13.0. The number of nitrogens with zero attached hydrogens (tertiary/aromatic N) is 4. The lowest BCUT2D eigenvalue weighted by Crippen LogP contribution is -2.38. The third-order valence-electron chi connectivity index (χ3n) is 5.85. The van der Waals surface area contributed by atoms with Crippen LogP contribution >= 0.6 is 0 Å². The number of phenols is 1. The maximum absolute atomic E-state index is 13.0. The fraction of sp³-hybridized carbons (Fsp3) is 0.409. The van der Waals surface area contributed by atoms with E-state index in [1.807, 2.05) is 17.7 Å². The van der Waals surface area contributed by atoms with Gasteiger partial charge in [-0.15, -0.1) is 0 Å². The van der Waals surface area contributed by atoms with Crippen LogP contribution in [0, 0.1) is 6.92 Å². The number of carbonyl (C=O) groups excluding carboxylic acids is 1.